The first-order chi connectivity index (χ1) is 13.4. The Labute approximate surface area is 161 Å². The predicted octanol–water partition coefficient (Wildman–Crippen LogP) is 2.83. The number of methoxy groups -OCH3 is 1. The summed E-state index contributed by atoms with van der Waals surface area (Å²) in [6, 6.07) is 4.43. The van der Waals surface area contributed by atoms with Crippen molar-refractivity contribution in [3.05, 3.63) is 68.6 Å². The summed E-state index contributed by atoms with van der Waals surface area (Å²) in [6.07, 6.45) is 1.38. The molecule has 140 valence electrons. The van der Waals surface area contributed by atoms with E-state index in [1.165, 1.54) is 38.4 Å². The molecular weight excluding hydrogens is 386 g/mol. The van der Waals surface area contributed by atoms with E-state index in [0.717, 1.165) is 11.3 Å². The zero-order chi connectivity index (χ0) is 20.0. The van der Waals surface area contributed by atoms with E-state index >= 15 is 0 Å². The highest BCUT2D eigenvalue weighted by atomic mass is 32.1. The van der Waals surface area contributed by atoms with Crippen molar-refractivity contribution in [1.82, 2.24) is 4.98 Å². The van der Waals surface area contributed by atoms with Gasteiger partial charge in [0, 0.05) is 6.20 Å². The van der Waals surface area contributed by atoms with Crippen LogP contribution in [0.2, 0.25) is 0 Å². The maximum Gasteiger partial charge on any atom is 0.351 e. The molecule has 0 atom stereocenters. The first kappa shape index (κ1) is 17.8. The van der Waals surface area contributed by atoms with Gasteiger partial charge in [-0.3, -0.25) is 14.6 Å². The van der Waals surface area contributed by atoms with Gasteiger partial charge in [-0.25, -0.2) is 9.59 Å². The molecular formula is C19H11NO7S. The number of esters is 2. The summed E-state index contributed by atoms with van der Waals surface area (Å²) in [4.78, 5) is 54.1. The highest BCUT2D eigenvalue weighted by Gasteiger charge is 2.40. The van der Waals surface area contributed by atoms with Crippen molar-refractivity contribution in [3.63, 3.8) is 0 Å². The molecule has 0 aliphatic heterocycles. The van der Waals surface area contributed by atoms with Crippen LogP contribution in [-0.4, -0.2) is 35.6 Å². The maximum atomic E-state index is 12.9. The van der Waals surface area contributed by atoms with Crippen LogP contribution < -0.4 is 4.74 Å². The second-order valence-electron chi connectivity index (χ2n) is 5.79. The summed E-state index contributed by atoms with van der Waals surface area (Å²) in [6.45, 7) is 1.45. The van der Waals surface area contributed by atoms with Crippen molar-refractivity contribution in [2.45, 2.75) is 6.92 Å². The number of furan rings is 1. The Morgan fingerprint density at radius 1 is 1.14 bits per heavy atom. The SMILES string of the molecule is COC(=O)c1sccc1OC(=O)c1c(C)oc2c1C(=O)c1ncccc1C2=O. The monoisotopic (exact) mass is 397 g/mol. The summed E-state index contributed by atoms with van der Waals surface area (Å²) in [5.74, 6) is -2.91. The van der Waals surface area contributed by atoms with Gasteiger partial charge in [-0.15, -0.1) is 11.3 Å². The second kappa shape index (κ2) is 6.54. The molecule has 3 aromatic heterocycles. The Kier molecular flexibility index (Phi) is 4.16. The van der Waals surface area contributed by atoms with E-state index < -0.39 is 23.5 Å². The number of nitrogens with zero attached hydrogens (tertiary/aromatic N) is 1. The Balaban J connectivity index is 1.77. The fourth-order valence-electron chi connectivity index (χ4n) is 2.95. The van der Waals surface area contributed by atoms with Crippen LogP contribution in [0.15, 0.2) is 34.2 Å². The van der Waals surface area contributed by atoms with E-state index in [9.17, 15) is 19.2 Å². The van der Waals surface area contributed by atoms with E-state index in [0.29, 0.717) is 0 Å². The molecule has 0 saturated heterocycles. The number of pyridine rings is 1. The zero-order valence-corrected chi connectivity index (χ0v) is 15.4. The molecule has 4 rings (SSSR count). The van der Waals surface area contributed by atoms with Gasteiger partial charge < -0.3 is 13.9 Å². The average molecular weight is 397 g/mol. The minimum atomic E-state index is -0.924. The van der Waals surface area contributed by atoms with Crippen molar-refractivity contribution in [1.29, 1.82) is 0 Å². The van der Waals surface area contributed by atoms with Gasteiger partial charge in [0.2, 0.25) is 11.6 Å². The van der Waals surface area contributed by atoms with E-state index in [-0.39, 0.29) is 44.5 Å². The average Bonchev–Trinajstić information content (AvgIpc) is 3.29. The van der Waals surface area contributed by atoms with Crippen LogP contribution >= 0.6 is 11.3 Å². The van der Waals surface area contributed by atoms with Gasteiger partial charge in [-0.2, -0.15) is 0 Å². The lowest BCUT2D eigenvalue weighted by Crippen LogP contribution is -2.23. The van der Waals surface area contributed by atoms with Crippen molar-refractivity contribution in [3.8, 4) is 5.75 Å². The highest BCUT2D eigenvalue weighted by molar-refractivity contribution is 7.12. The van der Waals surface area contributed by atoms with Crippen LogP contribution in [0.25, 0.3) is 0 Å². The number of hydrogen-bond donors (Lipinski definition) is 0. The fourth-order valence-corrected chi connectivity index (χ4v) is 3.68. The molecule has 1 aliphatic carbocycles. The van der Waals surface area contributed by atoms with Gasteiger partial charge in [0.05, 0.1) is 18.2 Å². The standard InChI is InChI=1S/C19H11NO7S/c1-8-11(18(23)27-10-5-7-28-17(10)19(24)25-2)12-15(22)13-9(4-3-6-20-13)14(21)16(12)26-8/h3-7H,1-2H3. The van der Waals surface area contributed by atoms with Crippen LogP contribution in [0.5, 0.6) is 5.75 Å². The molecule has 0 unspecified atom stereocenters. The molecule has 0 fully saturated rings. The van der Waals surface area contributed by atoms with Crippen LogP contribution in [0.4, 0.5) is 0 Å². The Hall–Kier alpha value is -3.59. The minimum absolute atomic E-state index is 0.00990. The van der Waals surface area contributed by atoms with Crippen LogP contribution in [0.1, 0.15) is 58.0 Å². The number of ether oxygens (including phenoxy) is 2. The molecule has 0 bridgehead atoms. The maximum absolute atomic E-state index is 12.9. The molecule has 0 N–H and O–H groups in total. The molecule has 28 heavy (non-hydrogen) atoms. The number of hydrogen-bond acceptors (Lipinski definition) is 9. The van der Waals surface area contributed by atoms with Crippen molar-refractivity contribution >= 4 is 34.8 Å². The molecule has 0 amide bonds. The number of carbonyl (C=O) groups excluding carboxylic acids is 4. The zero-order valence-electron chi connectivity index (χ0n) is 14.6. The van der Waals surface area contributed by atoms with Gasteiger partial charge in [0.15, 0.2) is 16.4 Å². The molecule has 0 aromatic carbocycles. The summed E-state index contributed by atoms with van der Waals surface area (Å²) >= 11 is 1.04. The summed E-state index contributed by atoms with van der Waals surface area (Å²) in [7, 11) is 1.21. The molecule has 9 heteroatoms. The topological polar surface area (TPSA) is 113 Å². The van der Waals surface area contributed by atoms with E-state index in [4.69, 9.17) is 9.15 Å². The second-order valence-corrected chi connectivity index (χ2v) is 6.71. The number of ketones is 2. The third-order valence-electron chi connectivity index (χ3n) is 4.19. The highest BCUT2D eigenvalue weighted by Crippen LogP contribution is 2.34. The van der Waals surface area contributed by atoms with E-state index in [1.54, 1.807) is 5.38 Å². The number of rotatable bonds is 3. The van der Waals surface area contributed by atoms with Crippen LogP contribution in [0.3, 0.4) is 0 Å². The smallest absolute Gasteiger partial charge is 0.351 e. The molecule has 3 heterocycles. The first-order valence-corrected chi connectivity index (χ1v) is 8.87. The van der Waals surface area contributed by atoms with E-state index in [2.05, 4.69) is 9.72 Å². The van der Waals surface area contributed by atoms with Crippen LogP contribution in [-0.2, 0) is 4.74 Å². The summed E-state index contributed by atoms with van der Waals surface area (Å²) in [5.41, 5.74) is -0.305. The molecule has 0 saturated carbocycles. The fraction of sp³-hybridized carbons (Fsp3) is 0.105. The van der Waals surface area contributed by atoms with Crippen molar-refractivity contribution in [2.24, 2.45) is 0 Å². The molecule has 1 aliphatic rings. The lowest BCUT2D eigenvalue weighted by Gasteiger charge is -2.12. The first-order valence-electron chi connectivity index (χ1n) is 7.99. The number of aryl methyl sites for hydroxylation is 1. The van der Waals surface area contributed by atoms with Crippen molar-refractivity contribution < 1.29 is 33.1 Å². The number of carbonyl (C=O) groups is 4. The molecule has 0 radical (unpaired) electrons. The van der Waals surface area contributed by atoms with Gasteiger partial charge >= 0.3 is 11.9 Å². The Morgan fingerprint density at radius 3 is 2.68 bits per heavy atom. The Morgan fingerprint density at radius 2 is 1.93 bits per heavy atom. The molecule has 8 nitrogen and oxygen atoms in total. The minimum Gasteiger partial charge on any atom is -0.465 e. The Bertz CT molecular complexity index is 1170. The largest absolute Gasteiger partial charge is 0.465 e. The van der Waals surface area contributed by atoms with Crippen LogP contribution in [0, 0.1) is 6.92 Å². The lowest BCUT2D eigenvalue weighted by molar-refractivity contribution is 0.0598. The summed E-state index contributed by atoms with van der Waals surface area (Å²) < 4.78 is 15.4. The lowest BCUT2D eigenvalue weighted by atomic mass is 9.90. The third-order valence-corrected chi connectivity index (χ3v) is 5.07. The molecule has 3 aromatic rings. The van der Waals surface area contributed by atoms with Gasteiger partial charge in [-0.05, 0) is 30.5 Å². The van der Waals surface area contributed by atoms with Gasteiger partial charge in [0.25, 0.3) is 0 Å². The normalized spacial score (nSPS) is 12.4. The summed E-state index contributed by atoms with van der Waals surface area (Å²) in [5, 5.41) is 1.56. The quantitative estimate of drug-likeness (QED) is 0.485. The number of fused-ring (bicyclic) bond motifs is 2. The van der Waals surface area contributed by atoms with Gasteiger partial charge in [0.1, 0.15) is 17.0 Å². The van der Waals surface area contributed by atoms with Gasteiger partial charge in [-0.1, -0.05) is 0 Å². The number of thiophene rings is 1. The van der Waals surface area contributed by atoms with E-state index in [1.807, 2.05) is 0 Å². The third kappa shape index (κ3) is 2.55. The number of aromatic nitrogens is 1. The predicted molar refractivity (Wildman–Crippen MR) is 95.2 cm³/mol. The molecule has 0 spiro atoms. The van der Waals surface area contributed by atoms with Crippen molar-refractivity contribution in [2.75, 3.05) is 7.11 Å².